The molecule has 2 aromatic heterocycles. The van der Waals surface area contributed by atoms with Crippen LogP contribution in [-0.4, -0.2) is 16.0 Å². The van der Waals surface area contributed by atoms with Gasteiger partial charge in [-0.1, -0.05) is 19.9 Å². The number of ketones is 1. The first kappa shape index (κ1) is 16.3. The highest BCUT2D eigenvalue weighted by Gasteiger charge is 2.41. The number of carbonyl (C=O) groups excluding carboxylic acids is 1. The fourth-order valence-electron chi connectivity index (χ4n) is 4.37. The van der Waals surface area contributed by atoms with E-state index in [1.54, 1.807) is 6.20 Å². The monoisotopic (exact) mass is 374 g/mol. The average Bonchev–Trinajstić information content (AvgIpc) is 3.27. The Labute approximate surface area is 160 Å². The molecule has 3 aromatic rings. The molecule has 0 spiro atoms. The van der Waals surface area contributed by atoms with Gasteiger partial charge in [0, 0.05) is 39.2 Å². The van der Waals surface area contributed by atoms with Crippen molar-refractivity contribution in [2.24, 2.45) is 5.41 Å². The second-order valence-corrected chi connectivity index (χ2v) is 9.13. The van der Waals surface area contributed by atoms with E-state index in [1.807, 2.05) is 18.2 Å². The summed E-state index contributed by atoms with van der Waals surface area (Å²) in [7, 11) is 0. The molecule has 0 saturated carbocycles. The van der Waals surface area contributed by atoms with Crippen LogP contribution in [0, 0.1) is 12.0 Å². The summed E-state index contributed by atoms with van der Waals surface area (Å²) in [5.74, 6) is 0.0307. The molecule has 3 heterocycles. The quantitative estimate of drug-likeness (QED) is 0.563. The van der Waals surface area contributed by atoms with Gasteiger partial charge in [-0.15, -0.1) is 0 Å². The molecule has 0 radical (unpaired) electrons. The number of hydrogen-bond donors (Lipinski definition) is 2. The summed E-state index contributed by atoms with van der Waals surface area (Å²) in [5, 5.41) is 12.5. The van der Waals surface area contributed by atoms with E-state index in [1.165, 1.54) is 11.3 Å². The van der Waals surface area contributed by atoms with Gasteiger partial charge in [0.25, 0.3) is 0 Å². The van der Waals surface area contributed by atoms with Crippen LogP contribution in [-0.2, 0) is 4.79 Å². The third-order valence-corrected chi connectivity index (χ3v) is 6.49. The van der Waals surface area contributed by atoms with Gasteiger partial charge in [-0.2, -0.15) is 16.4 Å². The zero-order valence-corrected chi connectivity index (χ0v) is 15.9. The first-order valence-corrected chi connectivity index (χ1v) is 9.75. The molecule has 134 valence electrons. The summed E-state index contributed by atoms with van der Waals surface area (Å²) in [6.07, 6.45) is 3.19. The molecule has 1 aliphatic heterocycles. The highest BCUT2D eigenvalue weighted by atomic mass is 32.1. The molecule has 1 aromatic carbocycles. The number of nitrogens with zero attached hydrogens (tertiary/aromatic N) is 2. The van der Waals surface area contributed by atoms with Crippen molar-refractivity contribution in [2.75, 3.05) is 5.32 Å². The van der Waals surface area contributed by atoms with Gasteiger partial charge >= 0.3 is 0 Å². The maximum absolute atomic E-state index is 13.2. The third-order valence-electron chi connectivity index (χ3n) is 5.45. The number of allylic oxidation sites excluding steroid dienone is 2. The first-order chi connectivity index (χ1) is 13.0. The van der Waals surface area contributed by atoms with Crippen molar-refractivity contribution in [3.63, 3.8) is 0 Å². The molecule has 1 unspecified atom stereocenters. The van der Waals surface area contributed by atoms with Crippen LogP contribution < -0.4 is 5.32 Å². The third kappa shape index (κ3) is 2.42. The molecule has 1 aliphatic carbocycles. The van der Waals surface area contributed by atoms with E-state index in [9.17, 15) is 4.79 Å². The molecule has 2 aliphatic rings. The van der Waals surface area contributed by atoms with Crippen molar-refractivity contribution in [3.05, 3.63) is 63.6 Å². The zero-order chi connectivity index (χ0) is 18.8. The smallest absolute Gasteiger partial charge is 0.241 e. The lowest BCUT2D eigenvalue weighted by Crippen LogP contribution is -2.33. The number of benzene rings is 1. The molecule has 5 nitrogen and oxygen atoms in total. The van der Waals surface area contributed by atoms with Crippen LogP contribution in [0.3, 0.4) is 0 Å². The summed E-state index contributed by atoms with van der Waals surface area (Å²) >= 11 is 1.47. The lowest BCUT2D eigenvalue weighted by molar-refractivity contribution is -0.118. The molecule has 0 fully saturated rings. The van der Waals surface area contributed by atoms with E-state index < -0.39 is 0 Å². The van der Waals surface area contributed by atoms with Crippen LogP contribution in [0.25, 0.3) is 15.7 Å². The van der Waals surface area contributed by atoms with Crippen molar-refractivity contribution in [3.8, 4) is 0 Å². The maximum Gasteiger partial charge on any atom is 0.241 e. The molecule has 6 heteroatoms. The van der Waals surface area contributed by atoms with Crippen molar-refractivity contribution in [1.29, 1.82) is 0 Å². The molecule has 1 atom stereocenters. The molecular formula is C21H18N4OS. The number of carbonyl (C=O) groups is 1. The SMILES string of the molecule is [C-]#[N+]c1ccc(C2C3=C(CC(C)(C)CC3=O)Nc3ccc4cn[nH]c4c32)s1. The van der Waals surface area contributed by atoms with Gasteiger partial charge in [0.15, 0.2) is 5.78 Å². The Kier molecular flexibility index (Phi) is 3.34. The van der Waals surface area contributed by atoms with Crippen LogP contribution in [0.2, 0.25) is 0 Å². The molecule has 0 bridgehead atoms. The second kappa shape index (κ2) is 5.54. The van der Waals surface area contributed by atoms with E-state index >= 15 is 0 Å². The Hall–Kier alpha value is -2.91. The number of aromatic amines is 1. The van der Waals surface area contributed by atoms with Crippen LogP contribution >= 0.6 is 11.3 Å². The summed E-state index contributed by atoms with van der Waals surface area (Å²) < 4.78 is 0. The largest absolute Gasteiger partial charge is 0.358 e. The predicted octanol–water partition coefficient (Wildman–Crippen LogP) is 5.38. The fourth-order valence-corrected chi connectivity index (χ4v) is 5.29. The van der Waals surface area contributed by atoms with Gasteiger partial charge in [-0.25, -0.2) is 4.85 Å². The summed E-state index contributed by atoms with van der Waals surface area (Å²) in [6.45, 7) is 11.6. The molecule has 0 saturated heterocycles. The topological polar surface area (TPSA) is 62.1 Å². The lowest BCUT2D eigenvalue weighted by atomic mass is 9.69. The van der Waals surface area contributed by atoms with Crippen LogP contribution in [0.5, 0.6) is 0 Å². The summed E-state index contributed by atoms with van der Waals surface area (Å²) in [5.41, 5.74) is 4.83. The number of H-pyrrole nitrogens is 1. The van der Waals surface area contributed by atoms with Gasteiger partial charge in [-0.05, 0) is 30.0 Å². The number of rotatable bonds is 1. The zero-order valence-electron chi connectivity index (χ0n) is 15.1. The summed E-state index contributed by atoms with van der Waals surface area (Å²) in [4.78, 5) is 17.8. The summed E-state index contributed by atoms with van der Waals surface area (Å²) in [6, 6.07) is 7.95. The van der Waals surface area contributed by atoms with Gasteiger partial charge in [-0.3, -0.25) is 9.89 Å². The van der Waals surface area contributed by atoms with E-state index in [2.05, 4.69) is 40.3 Å². The predicted molar refractivity (Wildman–Crippen MR) is 107 cm³/mol. The van der Waals surface area contributed by atoms with Gasteiger partial charge < -0.3 is 5.32 Å². The lowest BCUT2D eigenvalue weighted by Gasteiger charge is -2.39. The van der Waals surface area contributed by atoms with Crippen LogP contribution in [0.15, 0.2) is 41.7 Å². The minimum Gasteiger partial charge on any atom is -0.358 e. The van der Waals surface area contributed by atoms with Crippen molar-refractivity contribution in [1.82, 2.24) is 10.2 Å². The molecule has 0 amide bonds. The standard InChI is InChI=1S/C21H18N4OS/c1-21(2)8-13-17(14(26)9-21)19(15-6-7-16(22-3)27-15)18-12(24-13)5-4-11-10-23-25-20(11)18/h4-7,10,19,24H,8-9H2,1-2H3,(H,23,25). The van der Waals surface area contributed by atoms with E-state index in [4.69, 9.17) is 6.57 Å². The van der Waals surface area contributed by atoms with E-state index in [0.717, 1.165) is 44.7 Å². The van der Waals surface area contributed by atoms with Crippen molar-refractivity contribution < 1.29 is 4.79 Å². The molecular weight excluding hydrogens is 356 g/mol. The van der Waals surface area contributed by atoms with E-state index in [-0.39, 0.29) is 17.1 Å². The second-order valence-electron chi connectivity index (χ2n) is 8.04. The number of nitrogens with one attached hydrogen (secondary N) is 2. The number of fused-ring (bicyclic) bond motifs is 3. The Morgan fingerprint density at radius 3 is 2.89 bits per heavy atom. The minimum absolute atomic E-state index is 0.0554. The first-order valence-electron chi connectivity index (χ1n) is 8.93. The van der Waals surface area contributed by atoms with Crippen LogP contribution in [0.1, 0.15) is 43.0 Å². The van der Waals surface area contributed by atoms with Crippen molar-refractivity contribution in [2.45, 2.75) is 32.6 Å². The number of anilines is 1. The fraction of sp³-hybridized carbons (Fsp3) is 0.286. The Balaban J connectivity index is 1.80. The molecule has 5 rings (SSSR count). The minimum atomic E-state index is -0.163. The molecule has 27 heavy (non-hydrogen) atoms. The highest BCUT2D eigenvalue weighted by Crippen LogP contribution is 2.52. The normalized spacial score (nSPS) is 20.8. The van der Waals surface area contributed by atoms with E-state index in [0.29, 0.717) is 11.4 Å². The maximum atomic E-state index is 13.2. The Bertz CT molecular complexity index is 1170. The van der Waals surface area contributed by atoms with Gasteiger partial charge in [0.2, 0.25) is 5.00 Å². The van der Waals surface area contributed by atoms with Gasteiger partial charge in [0.05, 0.1) is 24.2 Å². The number of Topliss-reactive ketones (excluding diaryl/α,β-unsaturated/α-hetero) is 1. The Morgan fingerprint density at radius 1 is 1.26 bits per heavy atom. The Morgan fingerprint density at radius 2 is 2.11 bits per heavy atom. The van der Waals surface area contributed by atoms with Crippen molar-refractivity contribution >= 4 is 38.7 Å². The molecule has 2 N–H and O–H groups in total. The number of aromatic nitrogens is 2. The number of thiophene rings is 1. The van der Waals surface area contributed by atoms with Gasteiger partial charge in [0.1, 0.15) is 0 Å². The van der Waals surface area contributed by atoms with Crippen LogP contribution in [0.4, 0.5) is 10.7 Å². The number of hydrogen-bond acceptors (Lipinski definition) is 4. The average molecular weight is 374 g/mol. The highest BCUT2D eigenvalue weighted by molar-refractivity contribution is 7.16.